The van der Waals surface area contributed by atoms with E-state index in [-0.39, 0.29) is 0 Å². The molecular weight excluding hydrogens is 249 g/mol. The summed E-state index contributed by atoms with van der Waals surface area (Å²) in [5, 5.41) is 19.7. The lowest BCUT2D eigenvalue weighted by Crippen LogP contribution is -2.51. The summed E-state index contributed by atoms with van der Waals surface area (Å²) >= 11 is 0. The first-order valence-electron chi connectivity index (χ1n) is 5.89. The van der Waals surface area contributed by atoms with Crippen molar-refractivity contribution in [2.45, 2.75) is 38.9 Å². The van der Waals surface area contributed by atoms with E-state index in [1.165, 1.54) is 19.5 Å². The molecule has 0 saturated heterocycles. The van der Waals surface area contributed by atoms with Crippen molar-refractivity contribution in [3.8, 4) is 11.5 Å². The van der Waals surface area contributed by atoms with E-state index in [1.54, 1.807) is 33.8 Å². The Hall–Kier alpha value is -1.31. The lowest BCUT2D eigenvalue weighted by atomic mass is 9.88. The van der Waals surface area contributed by atoms with Gasteiger partial charge in [-0.15, -0.1) is 0 Å². The Kier molecular flexibility index (Phi) is 4.78. The molecule has 0 aromatic carbocycles. The normalized spacial score (nSPS) is 12.2. The van der Waals surface area contributed by atoms with Crippen molar-refractivity contribution in [2.75, 3.05) is 7.11 Å². The van der Waals surface area contributed by atoms with E-state index in [9.17, 15) is 10.1 Å². The number of hydrogen-bond acceptors (Lipinski definition) is 6. The molecule has 7 heteroatoms. The molecule has 0 amide bonds. The highest BCUT2D eigenvalue weighted by Gasteiger charge is 2.40. The van der Waals surface area contributed by atoms with E-state index in [1.807, 2.05) is 0 Å². The number of ether oxygens (including phenoxy) is 1. The first-order chi connectivity index (χ1) is 8.65. The highest BCUT2D eigenvalue weighted by atomic mass is 16.7. The minimum absolute atomic E-state index is 0.304. The third-order valence-electron chi connectivity index (χ3n) is 3.03. The third-order valence-corrected chi connectivity index (χ3v) is 3.03. The number of hydrogen-bond donors (Lipinski definition) is 2. The first-order valence-corrected chi connectivity index (χ1v) is 5.89. The zero-order valence-electron chi connectivity index (χ0n) is 11.9. The van der Waals surface area contributed by atoms with Crippen LogP contribution in [0.1, 0.15) is 27.7 Å². The van der Waals surface area contributed by atoms with Crippen molar-refractivity contribution in [1.82, 2.24) is 4.98 Å². The summed E-state index contributed by atoms with van der Waals surface area (Å²) in [6, 6.07) is 1.57. The van der Waals surface area contributed by atoms with Gasteiger partial charge in [0.1, 0.15) is 11.5 Å². The van der Waals surface area contributed by atoms with Gasteiger partial charge in [-0.3, -0.25) is 4.98 Å². The molecule has 106 valence electrons. The predicted molar refractivity (Wildman–Crippen MR) is 70.9 cm³/mol. The second-order valence-electron chi connectivity index (χ2n) is 5.17. The molecule has 0 radical (unpaired) electrons. The Bertz CT molecular complexity index is 419. The van der Waals surface area contributed by atoms with Crippen molar-refractivity contribution in [1.29, 1.82) is 0 Å². The van der Waals surface area contributed by atoms with Crippen LogP contribution in [-0.2, 0) is 4.65 Å². The van der Waals surface area contributed by atoms with Crippen LogP contribution in [0.4, 0.5) is 0 Å². The largest absolute Gasteiger partial charge is 0.710 e. The van der Waals surface area contributed by atoms with Gasteiger partial charge in [-0.2, -0.15) is 0 Å². The minimum Gasteiger partial charge on any atom is -0.510 e. The molecule has 1 aromatic rings. The predicted octanol–water partition coefficient (Wildman–Crippen LogP) is 1.01. The number of aliphatic hydroxyl groups is 1. The van der Waals surface area contributed by atoms with Crippen LogP contribution in [0.3, 0.4) is 0 Å². The lowest BCUT2D eigenvalue weighted by molar-refractivity contribution is -0.108. The lowest BCUT2D eigenvalue weighted by Gasteiger charge is -2.37. The summed E-state index contributed by atoms with van der Waals surface area (Å²) < 4.78 is 15.4. The van der Waals surface area contributed by atoms with Gasteiger partial charge in [-0.1, -0.05) is 0 Å². The van der Waals surface area contributed by atoms with E-state index in [0.29, 0.717) is 11.5 Å². The molecule has 1 rings (SSSR count). The molecule has 1 aromatic heterocycles. The molecular formula is C12H20BNO5. The quantitative estimate of drug-likeness (QED) is 0.750. The standard InChI is InChI=1S/C12H20BNO5/c1-11(2,15)12(3,4)19-13(16)18-10-6-9(17-5)7-14-8-10/h6-8,15-16H,1-5H3. The second-order valence-corrected chi connectivity index (χ2v) is 5.17. The smallest absolute Gasteiger partial charge is 0.510 e. The first kappa shape index (κ1) is 15.8. The number of methoxy groups -OCH3 is 1. The molecule has 0 atom stereocenters. The maximum Gasteiger partial charge on any atom is 0.710 e. The Labute approximate surface area is 113 Å². The highest BCUT2D eigenvalue weighted by molar-refractivity contribution is 6.35. The Morgan fingerprint density at radius 1 is 1.16 bits per heavy atom. The average molecular weight is 269 g/mol. The number of pyridine rings is 1. The van der Waals surface area contributed by atoms with Gasteiger partial charge in [0.25, 0.3) is 0 Å². The van der Waals surface area contributed by atoms with Gasteiger partial charge in [0.15, 0.2) is 0 Å². The fourth-order valence-electron chi connectivity index (χ4n) is 1.11. The van der Waals surface area contributed by atoms with Crippen LogP contribution < -0.4 is 9.39 Å². The topological polar surface area (TPSA) is 81.0 Å². The molecule has 0 fully saturated rings. The van der Waals surface area contributed by atoms with Crippen LogP contribution in [0, 0.1) is 0 Å². The summed E-state index contributed by atoms with van der Waals surface area (Å²) in [5.41, 5.74) is -2.12. The van der Waals surface area contributed by atoms with E-state index < -0.39 is 18.5 Å². The molecule has 0 aliphatic heterocycles. The summed E-state index contributed by atoms with van der Waals surface area (Å²) in [6.07, 6.45) is 2.94. The summed E-state index contributed by atoms with van der Waals surface area (Å²) in [6.45, 7) is 6.49. The Balaban J connectivity index is 2.67. The van der Waals surface area contributed by atoms with Crippen molar-refractivity contribution in [2.24, 2.45) is 0 Å². The van der Waals surface area contributed by atoms with E-state index in [4.69, 9.17) is 14.0 Å². The van der Waals surface area contributed by atoms with Gasteiger partial charge in [-0.25, -0.2) is 0 Å². The zero-order valence-corrected chi connectivity index (χ0v) is 11.9. The molecule has 2 N–H and O–H groups in total. The monoisotopic (exact) mass is 269 g/mol. The fourth-order valence-corrected chi connectivity index (χ4v) is 1.11. The van der Waals surface area contributed by atoms with Crippen LogP contribution >= 0.6 is 0 Å². The van der Waals surface area contributed by atoms with E-state index in [0.717, 1.165) is 0 Å². The molecule has 1 heterocycles. The van der Waals surface area contributed by atoms with Gasteiger partial charge in [0.2, 0.25) is 0 Å². The Morgan fingerprint density at radius 2 is 1.74 bits per heavy atom. The number of aromatic nitrogens is 1. The van der Waals surface area contributed by atoms with Crippen molar-refractivity contribution < 1.29 is 24.2 Å². The molecule has 0 aliphatic carbocycles. The third kappa shape index (κ3) is 4.38. The number of nitrogens with zero attached hydrogens (tertiary/aromatic N) is 1. The fraction of sp³-hybridized carbons (Fsp3) is 0.583. The van der Waals surface area contributed by atoms with E-state index >= 15 is 0 Å². The van der Waals surface area contributed by atoms with Crippen LogP contribution in [0.25, 0.3) is 0 Å². The van der Waals surface area contributed by atoms with Crippen molar-refractivity contribution in [3.63, 3.8) is 0 Å². The van der Waals surface area contributed by atoms with Gasteiger partial charge in [-0.05, 0) is 27.7 Å². The van der Waals surface area contributed by atoms with Crippen LogP contribution in [-0.4, -0.2) is 40.7 Å². The van der Waals surface area contributed by atoms with Crippen molar-refractivity contribution >= 4 is 7.32 Å². The van der Waals surface area contributed by atoms with E-state index in [2.05, 4.69) is 4.98 Å². The van der Waals surface area contributed by atoms with Crippen molar-refractivity contribution in [3.05, 3.63) is 18.5 Å². The minimum atomic E-state index is -1.52. The molecule has 0 spiro atoms. The molecule has 6 nitrogen and oxygen atoms in total. The summed E-state index contributed by atoms with van der Waals surface area (Å²) in [4.78, 5) is 3.89. The number of rotatable bonds is 6. The van der Waals surface area contributed by atoms with Crippen LogP contribution in [0.5, 0.6) is 11.5 Å². The molecule has 0 saturated carbocycles. The average Bonchev–Trinajstić information content (AvgIpc) is 2.26. The summed E-state index contributed by atoms with van der Waals surface area (Å²) in [5.74, 6) is 0.810. The van der Waals surface area contributed by atoms with Crippen LogP contribution in [0.15, 0.2) is 18.5 Å². The highest BCUT2D eigenvalue weighted by Crippen LogP contribution is 2.26. The van der Waals surface area contributed by atoms with Gasteiger partial charge in [0.05, 0.1) is 30.7 Å². The second kappa shape index (κ2) is 5.77. The molecule has 0 aliphatic rings. The molecule has 19 heavy (non-hydrogen) atoms. The van der Waals surface area contributed by atoms with Gasteiger partial charge in [0, 0.05) is 6.07 Å². The maximum atomic E-state index is 9.92. The zero-order chi connectivity index (χ0) is 14.7. The SMILES string of the molecule is COc1cncc(OB(O)OC(C)(C)C(C)(C)O)c1. The Morgan fingerprint density at radius 3 is 2.26 bits per heavy atom. The molecule has 0 unspecified atom stereocenters. The summed E-state index contributed by atoms with van der Waals surface area (Å²) in [7, 11) is -0.0131. The van der Waals surface area contributed by atoms with Gasteiger partial charge >= 0.3 is 7.32 Å². The maximum absolute atomic E-state index is 9.92. The van der Waals surface area contributed by atoms with Gasteiger partial charge < -0.3 is 24.2 Å². The molecule has 0 bridgehead atoms. The van der Waals surface area contributed by atoms with Crippen LogP contribution in [0.2, 0.25) is 0 Å².